The molecule has 2 aliphatic rings. The van der Waals surface area contributed by atoms with E-state index in [9.17, 15) is 29.4 Å². The van der Waals surface area contributed by atoms with Crippen molar-refractivity contribution in [3.63, 3.8) is 0 Å². The Morgan fingerprint density at radius 3 is 2.31 bits per heavy atom. The van der Waals surface area contributed by atoms with E-state index in [4.69, 9.17) is 4.74 Å². The molecule has 3 atom stereocenters. The summed E-state index contributed by atoms with van der Waals surface area (Å²) >= 11 is 0. The number of aliphatic hydroxyl groups is 1. The van der Waals surface area contributed by atoms with Gasteiger partial charge < -0.3 is 30.1 Å². The first-order valence-corrected chi connectivity index (χ1v) is 12.0. The molecule has 0 bridgehead atoms. The average molecular weight is 490 g/mol. The molecule has 1 aromatic rings. The summed E-state index contributed by atoms with van der Waals surface area (Å²) in [7, 11) is 0. The monoisotopic (exact) mass is 489 g/mol. The van der Waals surface area contributed by atoms with Crippen molar-refractivity contribution in [1.29, 1.82) is 0 Å². The van der Waals surface area contributed by atoms with Gasteiger partial charge >= 0.3 is 12.1 Å². The molecule has 0 spiro atoms. The zero-order valence-electron chi connectivity index (χ0n) is 20.5. The third-order valence-electron chi connectivity index (χ3n) is 6.27. The van der Waals surface area contributed by atoms with Crippen molar-refractivity contribution in [2.75, 3.05) is 19.6 Å². The second-order valence-electron chi connectivity index (χ2n) is 10.2. The van der Waals surface area contributed by atoms with Crippen molar-refractivity contribution >= 4 is 23.9 Å². The fourth-order valence-electron chi connectivity index (χ4n) is 4.59. The highest BCUT2D eigenvalue weighted by Crippen LogP contribution is 2.26. The first-order valence-electron chi connectivity index (χ1n) is 12.0. The standard InChI is InChI=1S/C25H35N3O7/c1-25(2,3)35-24(34)26-19(13-16-7-5-4-6-8-16)22(31)27-11-9-17(10-12-27)21(30)28-15-18(29)14-20(28)23(32)33/h4-8,17-20,29H,9-15H2,1-3H3,(H,26,34)(H,32,33). The molecule has 3 N–H and O–H groups in total. The number of piperidine rings is 1. The lowest BCUT2D eigenvalue weighted by molar-refractivity contribution is -0.151. The number of amides is 3. The number of alkyl carbamates (subject to hydrolysis) is 1. The normalized spacial score (nSPS) is 21.9. The summed E-state index contributed by atoms with van der Waals surface area (Å²) in [5.74, 6) is -2.10. The van der Waals surface area contributed by atoms with Gasteiger partial charge in [-0.2, -0.15) is 0 Å². The molecule has 0 saturated carbocycles. The number of likely N-dealkylation sites (tertiary alicyclic amines) is 2. The van der Waals surface area contributed by atoms with Crippen molar-refractivity contribution in [2.24, 2.45) is 5.92 Å². The largest absolute Gasteiger partial charge is 0.480 e. The third kappa shape index (κ3) is 7.17. The smallest absolute Gasteiger partial charge is 0.408 e. The van der Waals surface area contributed by atoms with Crippen LogP contribution in [0.25, 0.3) is 0 Å². The number of rotatable bonds is 6. The van der Waals surface area contributed by atoms with Crippen molar-refractivity contribution in [3.8, 4) is 0 Å². The number of carbonyl (C=O) groups is 4. The lowest BCUT2D eigenvalue weighted by Crippen LogP contribution is -2.53. The van der Waals surface area contributed by atoms with Crippen LogP contribution in [0, 0.1) is 5.92 Å². The van der Waals surface area contributed by atoms with Crippen LogP contribution in [0.15, 0.2) is 30.3 Å². The summed E-state index contributed by atoms with van der Waals surface area (Å²) in [6.07, 6.45) is -0.440. The predicted molar refractivity (Wildman–Crippen MR) is 126 cm³/mol. The van der Waals surface area contributed by atoms with Gasteiger partial charge in [0, 0.05) is 38.4 Å². The molecule has 2 fully saturated rings. The van der Waals surface area contributed by atoms with E-state index in [1.165, 1.54) is 4.90 Å². The van der Waals surface area contributed by atoms with Gasteiger partial charge in [-0.25, -0.2) is 9.59 Å². The summed E-state index contributed by atoms with van der Waals surface area (Å²) in [5, 5.41) is 21.9. The Hall–Kier alpha value is -3.14. The van der Waals surface area contributed by atoms with Gasteiger partial charge in [-0.3, -0.25) is 9.59 Å². The number of hydrogen-bond donors (Lipinski definition) is 3. The van der Waals surface area contributed by atoms with Crippen molar-refractivity contribution in [3.05, 3.63) is 35.9 Å². The highest BCUT2D eigenvalue weighted by atomic mass is 16.6. The molecule has 35 heavy (non-hydrogen) atoms. The zero-order valence-corrected chi connectivity index (χ0v) is 20.5. The number of benzene rings is 1. The van der Waals surface area contributed by atoms with E-state index in [-0.39, 0.29) is 24.8 Å². The van der Waals surface area contributed by atoms with Crippen molar-refractivity contribution in [1.82, 2.24) is 15.1 Å². The molecule has 192 valence electrons. The fourth-order valence-corrected chi connectivity index (χ4v) is 4.59. The van der Waals surface area contributed by atoms with Crippen LogP contribution in [0.1, 0.15) is 45.6 Å². The van der Waals surface area contributed by atoms with Crippen LogP contribution in [0.4, 0.5) is 4.79 Å². The van der Waals surface area contributed by atoms with Crippen LogP contribution >= 0.6 is 0 Å². The van der Waals surface area contributed by atoms with E-state index in [0.29, 0.717) is 32.4 Å². The van der Waals surface area contributed by atoms with E-state index in [1.807, 2.05) is 30.3 Å². The molecular weight excluding hydrogens is 454 g/mol. The van der Waals surface area contributed by atoms with E-state index in [2.05, 4.69) is 5.32 Å². The Labute approximate surface area is 205 Å². The summed E-state index contributed by atoms with van der Waals surface area (Å²) in [6, 6.07) is 7.51. The SMILES string of the molecule is CC(C)(C)OC(=O)NC(Cc1ccccc1)C(=O)N1CCC(C(=O)N2CC(O)CC2C(=O)O)CC1. The Balaban J connectivity index is 1.64. The average Bonchev–Trinajstić information content (AvgIpc) is 3.19. The van der Waals surface area contributed by atoms with Crippen LogP contribution in [-0.4, -0.2) is 87.3 Å². The number of aliphatic carboxylic acids is 1. The molecule has 0 aromatic heterocycles. The topological polar surface area (TPSA) is 136 Å². The van der Waals surface area contributed by atoms with Gasteiger partial charge in [-0.15, -0.1) is 0 Å². The highest BCUT2D eigenvalue weighted by molar-refractivity contribution is 5.88. The minimum atomic E-state index is -1.13. The van der Waals surface area contributed by atoms with Crippen LogP contribution < -0.4 is 5.32 Å². The Morgan fingerprint density at radius 2 is 1.74 bits per heavy atom. The van der Waals surface area contributed by atoms with Crippen LogP contribution in [0.2, 0.25) is 0 Å². The number of carbonyl (C=O) groups excluding carboxylic acids is 3. The Morgan fingerprint density at radius 1 is 1.11 bits per heavy atom. The maximum absolute atomic E-state index is 13.4. The number of β-amino-alcohol motifs (C(OH)–C–C–N with tert-alkyl or cyclic N) is 1. The predicted octanol–water partition coefficient (Wildman–Crippen LogP) is 1.41. The first kappa shape index (κ1) is 26.5. The molecule has 2 saturated heterocycles. The number of carboxylic acid groups (broad SMARTS) is 1. The summed E-state index contributed by atoms with van der Waals surface area (Å²) in [5.41, 5.74) is 0.180. The molecule has 10 nitrogen and oxygen atoms in total. The van der Waals surface area contributed by atoms with Crippen LogP contribution in [0.3, 0.4) is 0 Å². The zero-order chi connectivity index (χ0) is 25.8. The van der Waals surface area contributed by atoms with Crippen molar-refractivity contribution in [2.45, 2.75) is 70.2 Å². The molecule has 2 heterocycles. The van der Waals surface area contributed by atoms with Crippen LogP contribution in [0.5, 0.6) is 0 Å². The van der Waals surface area contributed by atoms with E-state index < -0.39 is 41.8 Å². The minimum absolute atomic E-state index is 0.00784. The molecule has 0 radical (unpaired) electrons. The fraction of sp³-hybridized carbons (Fsp3) is 0.600. The quantitative estimate of drug-likeness (QED) is 0.550. The molecule has 1 aromatic carbocycles. The lowest BCUT2D eigenvalue weighted by Gasteiger charge is -2.36. The van der Waals surface area contributed by atoms with E-state index in [1.54, 1.807) is 25.7 Å². The Kier molecular flexibility index (Phi) is 8.37. The summed E-state index contributed by atoms with van der Waals surface area (Å²) in [4.78, 5) is 53.1. The first-order chi connectivity index (χ1) is 16.4. The number of nitrogens with one attached hydrogen (secondary N) is 1. The van der Waals surface area contributed by atoms with Crippen molar-refractivity contribution < 1.29 is 34.1 Å². The maximum Gasteiger partial charge on any atom is 0.408 e. The van der Waals surface area contributed by atoms with E-state index in [0.717, 1.165) is 5.56 Å². The molecule has 3 unspecified atom stereocenters. The van der Waals surface area contributed by atoms with Gasteiger partial charge in [0.25, 0.3) is 0 Å². The van der Waals surface area contributed by atoms with Gasteiger partial charge in [-0.05, 0) is 39.2 Å². The molecule has 10 heteroatoms. The summed E-state index contributed by atoms with van der Waals surface area (Å²) < 4.78 is 5.35. The number of carboxylic acids is 1. The van der Waals surface area contributed by atoms with Gasteiger partial charge in [0.05, 0.1) is 6.10 Å². The number of ether oxygens (including phenoxy) is 1. The van der Waals surface area contributed by atoms with E-state index >= 15 is 0 Å². The third-order valence-corrected chi connectivity index (χ3v) is 6.27. The Bertz CT molecular complexity index is 923. The lowest BCUT2D eigenvalue weighted by atomic mass is 9.94. The second-order valence-corrected chi connectivity index (χ2v) is 10.2. The molecule has 0 aliphatic carbocycles. The second kappa shape index (κ2) is 11.1. The molecule has 2 aliphatic heterocycles. The number of nitrogens with zero attached hydrogens (tertiary/aromatic N) is 2. The van der Waals surface area contributed by atoms with Crippen LogP contribution in [-0.2, 0) is 25.5 Å². The van der Waals surface area contributed by atoms with Gasteiger partial charge in [0.2, 0.25) is 11.8 Å². The number of aliphatic hydroxyl groups excluding tert-OH is 1. The molecular formula is C25H35N3O7. The summed E-state index contributed by atoms with van der Waals surface area (Å²) in [6.45, 7) is 5.87. The molecule has 3 rings (SSSR count). The number of hydrogen-bond acceptors (Lipinski definition) is 6. The maximum atomic E-state index is 13.4. The molecule has 3 amide bonds. The minimum Gasteiger partial charge on any atom is -0.480 e. The van der Waals surface area contributed by atoms with Gasteiger partial charge in [0.1, 0.15) is 17.7 Å². The van der Waals surface area contributed by atoms with Gasteiger partial charge in [-0.1, -0.05) is 30.3 Å². The highest BCUT2D eigenvalue weighted by Gasteiger charge is 2.42. The van der Waals surface area contributed by atoms with Gasteiger partial charge in [0.15, 0.2) is 0 Å².